The molecule has 1 aliphatic rings. The predicted molar refractivity (Wildman–Crippen MR) is 67.8 cm³/mol. The van der Waals surface area contributed by atoms with Gasteiger partial charge in [-0.15, -0.1) is 0 Å². The average molecular weight is 271 g/mol. The summed E-state index contributed by atoms with van der Waals surface area (Å²) in [4.78, 5) is 0. The van der Waals surface area contributed by atoms with E-state index in [-0.39, 0.29) is 18.7 Å². The molecular weight excluding hydrogens is 252 g/mol. The number of rotatable bonds is 5. The summed E-state index contributed by atoms with van der Waals surface area (Å²) in [6.07, 6.45) is 1.37. The van der Waals surface area contributed by atoms with Gasteiger partial charge in [-0.25, -0.2) is 8.78 Å². The number of nitrogens with one attached hydrogen (secondary N) is 1. The smallest absolute Gasteiger partial charge is 0.159 e. The Morgan fingerprint density at radius 1 is 1.42 bits per heavy atom. The molecule has 0 bridgehead atoms. The molecule has 106 valence electrons. The molecule has 1 aliphatic heterocycles. The van der Waals surface area contributed by atoms with Crippen LogP contribution < -0.4 is 5.32 Å². The van der Waals surface area contributed by atoms with Crippen LogP contribution in [0, 0.1) is 11.6 Å². The van der Waals surface area contributed by atoms with Crippen molar-refractivity contribution in [2.75, 3.05) is 13.2 Å². The first-order valence-corrected chi connectivity index (χ1v) is 6.56. The Morgan fingerprint density at radius 3 is 2.84 bits per heavy atom. The molecule has 0 radical (unpaired) electrons. The lowest BCUT2D eigenvalue weighted by Crippen LogP contribution is -2.39. The zero-order chi connectivity index (χ0) is 13.8. The Morgan fingerprint density at radius 2 is 2.21 bits per heavy atom. The van der Waals surface area contributed by atoms with Crippen molar-refractivity contribution in [3.05, 3.63) is 35.4 Å². The summed E-state index contributed by atoms with van der Waals surface area (Å²) in [5.41, 5.74) is 0.367. The fourth-order valence-electron chi connectivity index (χ4n) is 2.26. The molecule has 0 saturated carbocycles. The van der Waals surface area contributed by atoms with E-state index in [1.54, 1.807) is 0 Å². The molecule has 3 nitrogen and oxygen atoms in total. The summed E-state index contributed by atoms with van der Waals surface area (Å²) in [5, 5.41) is 13.1. The third kappa shape index (κ3) is 3.72. The molecule has 1 saturated heterocycles. The van der Waals surface area contributed by atoms with Crippen LogP contribution in [0.15, 0.2) is 18.2 Å². The average Bonchev–Trinajstić information content (AvgIpc) is 2.92. The van der Waals surface area contributed by atoms with E-state index >= 15 is 0 Å². The number of benzene rings is 1. The van der Waals surface area contributed by atoms with Crippen molar-refractivity contribution in [3.8, 4) is 0 Å². The first-order valence-electron chi connectivity index (χ1n) is 6.56. The summed E-state index contributed by atoms with van der Waals surface area (Å²) in [5.74, 6) is -1.85. The molecule has 1 aromatic carbocycles. The van der Waals surface area contributed by atoms with Crippen LogP contribution in [-0.4, -0.2) is 30.4 Å². The Balaban J connectivity index is 1.86. The van der Waals surface area contributed by atoms with Crippen molar-refractivity contribution in [1.82, 2.24) is 5.32 Å². The second kappa shape index (κ2) is 6.41. The highest BCUT2D eigenvalue weighted by molar-refractivity contribution is 5.20. The number of hydrogen-bond donors (Lipinski definition) is 2. The van der Waals surface area contributed by atoms with E-state index in [0.29, 0.717) is 5.56 Å². The van der Waals surface area contributed by atoms with Crippen LogP contribution in [0.5, 0.6) is 0 Å². The number of hydrogen-bond acceptors (Lipinski definition) is 3. The maximum atomic E-state index is 13.1. The number of aliphatic hydroxyl groups excluding tert-OH is 1. The zero-order valence-electron chi connectivity index (χ0n) is 10.9. The minimum Gasteiger partial charge on any atom is -0.387 e. The second-order valence-corrected chi connectivity index (χ2v) is 4.94. The van der Waals surface area contributed by atoms with Crippen LogP contribution in [0.2, 0.25) is 0 Å². The Kier molecular flexibility index (Phi) is 4.85. The van der Waals surface area contributed by atoms with E-state index in [1.165, 1.54) is 6.07 Å². The molecule has 19 heavy (non-hydrogen) atoms. The fourth-order valence-corrected chi connectivity index (χ4v) is 2.26. The molecule has 0 aromatic heterocycles. The minimum absolute atomic E-state index is 0.127. The maximum Gasteiger partial charge on any atom is 0.159 e. The van der Waals surface area contributed by atoms with E-state index in [4.69, 9.17) is 4.74 Å². The van der Waals surface area contributed by atoms with Gasteiger partial charge >= 0.3 is 0 Å². The van der Waals surface area contributed by atoms with Crippen LogP contribution in [0.25, 0.3) is 0 Å². The number of aliphatic hydroxyl groups is 1. The molecule has 0 amide bonds. The predicted octanol–water partition coefficient (Wildman–Crippen LogP) is 2.16. The van der Waals surface area contributed by atoms with Crippen LogP contribution in [0.4, 0.5) is 8.78 Å². The van der Waals surface area contributed by atoms with Gasteiger partial charge in [0.2, 0.25) is 0 Å². The van der Waals surface area contributed by atoms with Gasteiger partial charge in [-0.3, -0.25) is 0 Å². The molecule has 5 heteroatoms. The summed E-state index contributed by atoms with van der Waals surface area (Å²) in [7, 11) is 0. The molecule has 2 rings (SSSR count). The standard InChI is InChI=1S/C14H19F2NO2/c1-9(14-3-2-6-19-14)17-8-13(18)10-4-5-11(15)12(16)7-10/h4-5,7,9,13-14,17-18H,2-3,6,8H2,1H3. The molecule has 0 aliphatic carbocycles. The Hall–Kier alpha value is -1.04. The van der Waals surface area contributed by atoms with Crippen molar-refractivity contribution in [3.63, 3.8) is 0 Å². The zero-order valence-corrected chi connectivity index (χ0v) is 10.9. The van der Waals surface area contributed by atoms with Crippen LogP contribution in [0.3, 0.4) is 0 Å². The van der Waals surface area contributed by atoms with Gasteiger partial charge in [0.15, 0.2) is 11.6 Å². The van der Waals surface area contributed by atoms with E-state index in [2.05, 4.69) is 5.32 Å². The van der Waals surface area contributed by atoms with Crippen molar-refractivity contribution in [2.24, 2.45) is 0 Å². The third-order valence-electron chi connectivity index (χ3n) is 3.48. The normalized spacial score (nSPS) is 22.4. The maximum absolute atomic E-state index is 13.1. The van der Waals surface area contributed by atoms with E-state index in [0.717, 1.165) is 31.6 Å². The molecule has 1 fully saturated rings. The SMILES string of the molecule is CC(NCC(O)c1ccc(F)c(F)c1)C1CCCO1. The topological polar surface area (TPSA) is 41.5 Å². The minimum atomic E-state index is -0.941. The molecule has 2 N–H and O–H groups in total. The fraction of sp³-hybridized carbons (Fsp3) is 0.571. The summed E-state index contributed by atoms with van der Waals surface area (Å²) in [6, 6.07) is 3.57. The lowest BCUT2D eigenvalue weighted by Gasteiger charge is -2.22. The summed E-state index contributed by atoms with van der Waals surface area (Å²) in [6.45, 7) is 3.06. The molecule has 1 heterocycles. The van der Waals surface area contributed by atoms with Crippen LogP contribution in [-0.2, 0) is 4.74 Å². The van der Waals surface area contributed by atoms with Crippen LogP contribution in [0.1, 0.15) is 31.4 Å². The molecule has 3 unspecified atom stereocenters. The van der Waals surface area contributed by atoms with E-state index in [9.17, 15) is 13.9 Å². The molecule has 1 aromatic rings. The highest BCUT2D eigenvalue weighted by Gasteiger charge is 2.22. The first-order chi connectivity index (χ1) is 9.08. The first kappa shape index (κ1) is 14.4. The number of ether oxygens (including phenoxy) is 1. The highest BCUT2D eigenvalue weighted by Crippen LogP contribution is 2.18. The van der Waals surface area contributed by atoms with Crippen molar-refractivity contribution >= 4 is 0 Å². The lowest BCUT2D eigenvalue weighted by atomic mass is 10.1. The van der Waals surface area contributed by atoms with Gasteiger partial charge in [0.1, 0.15) is 0 Å². The van der Waals surface area contributed by atoms with Gasteiger partial charge in [-0.2, -0.15) is 0 Å². The second-order valence-electron chi connectivity index (χ2n) is 4.94. The largest absolute Gasteiger partial charge is 0.387 e. The monoisotopic (exact) mass is 271 g/mol. The van der Waals surface area contributed by atoms with Crippen LogP contribution >= 0.6 is 0 Å². The summed E-state index contributed by atoms with van der Waals surface area (Å²) < 4.78 is 31.4. The summed E-state index contributed by atoms with van der Waals surface area (Å²) >= 11 is 0. The van der Waals surface area contributed by atoms with Gasteiger partial charge in [-0.1, -0.05) is 6.07 Å². The molecular formula is C14H19F2NO2. The number of halogens is 2. The van der Waals surface area contributed by atoms with E-state index in [1.807, 2.05) is 6.92 Å². The molecule has 3 atom stereocenters. The third-order valence-corrected chi connectivity index (χ3v) is 3.48. The van der Waals surface area contributed by atoms with Gasteiger partial charge < -0.3 is 15.2 Å². The molecule has 0 spiro atoms. The van der Waals surface area contributed by atoms with Gasteiger partial charge in [0, 0.05) is 19.2 Å². The van der Waals surface area contributed by atoms with Crippen molar-refractivity contribution in [1.29, 1.82) is 0 Å². The van der Waals surface area contributed by atoms with E-state index < -0.39 is 17.7 Å². The Labute approximate surface area is 111 Å². The van der Waals surface area contributed by atoms with Gasteiger partial charge in [0.25, 0.3) is 0 Å². The van der Waals surface area contributed by atoms with Crippen molar-refractivity contribution in [2.45, 2.75) is 38.0 Å². The van der Waals surface area contributed by atoms with Gasteiger partial charge in [-0.05, 0) is 37.5 Å². The van der Waals surface area contributed by atoms with Gasteiger partial charge in [0.05, 0.1) is 12.2 Å². The Bertz CT molecular complexity index is 422. The quantitative estimate of drug-likeness (QED) is 0.862. The lowest BCUT2D eigenvalue weighted by molar-refractivity contribution is 0.0764. The van der Waals surface area contributed by atoms with Crippen molar-refractivity contribution < 1.29 is 18.6 Å². The highest BCUT2D eigenvalue weighted by atomic mass is 19.2.